The maximum atomic E-state index is 6.06. The molecule has 5 rings (SSSR count). The smallest absolute Gasteiger partial charge is 0.212 e. The molecule has 188 valence electrons. The van der Waals surface area contributed by atoms with Crippen LogP contribution in [0.3, 0.4) is 0 Å². The monoisotopic (exact) mass is 510 g/mol. The highest BCUT2D eigenvalue weighted by Crippen LogP contribution is 2.37. The van der Waals surface area contributed by atoms with Crippen molar-refractivity contribution in [3.63, 3.8) is 0 Å². The molecule has 0 radical (unpaired) electrons. The second-order valence-electron chi connectivity index (χ2n) is 9.75. The lowest BCUT2D eigenvalue weighted by atomic mass is 10.1. The zero-order chi connectivity index (χ0) is 25.8. The Hall–Kier alpha value is -3.84. The summed E-state index contributed by atoms with van der Waals surface area (Å²) in [7, 11) is 1.62. The number of aromatic nitrogens is 4. The summed E-state index contributed by atoms with van der Waals surface area (Å²) in [5.41, 5.74) is 5.33. The second kappa shape index (κ2) is 10.6. The van der Waals surface area contributed by atoms with Crippen molar-refractivity contribution in [3.8, 4) is 22.8 Å². The number of hydrogen-bond acceptors (Lipinski definition) is 6. The van der Waals surface area contributed by atoms with Crippen LogP contribution < -0.4 is 9.47 Å². The molecule has 0 fully saturated rings. The average Bonchev–Trinajstić information content (AvgIpc) is 3.23. The van der Waals surface area contributed by atoms with E-state index in [2.05, 4.69) is 71.8 Å². The Morgan fingerprint density at radius 1 is 0.892 bits per heavy atom. The summed E-state index contributed by atoms with van der Waals surface area (Å²) >= 11 is 1.77. The van der Waals surface area contributed by atoms with Gasteiger partial charge in [0.2, 0.25) is 5.88 Å². The van der Waals surface area contributed by atoms with Gasteiger partial charge < -0.3 is 9.47 Å². The minimum atomic E-state index is 0.0327. The molecule has 6 nitrogen and oxygen atoms in total. The third-order valence-corrected chi connectivity index (χ3v) is 6.88. The normalized spacial score (nSPS) is 11.6. The van der Waals surface area contributed by atoms with Crippen molar-refractivity contribution < 1.29 is 9.47 Å². The SMILES string of the molecule is COc1ccc(-c2ccc(Cn3nc(SC(C)(C)C)c4cc(OCc5ccccn5)ccc43)cc2)cn1. The number of nitrogens with zero attached hydrogens (tertiary/aromatic N) is 4. The van der Waals surface area contributed by atoms with E-state index in [1.807, 2.05) is 42.6 Å². The molecular formula is C30H30N4O2S. The van der Waals surface area contributed by atoms with Gasteiger partial charge in [0.1, 0.15) is 17.4 Å². The summed E-state index contributed by atoms with van der Waals surface area (Å²) < 4.78 is 13.3. The first kappa shape index (κ1) is 24.8. The van der Waals surface area contributed by atoms with E-state index >= 15 is 0 Å². The van der Waals surface area contributed by atoms with Crippen molar-refractivity contribution in [2.75, 3.05) is 7.11 Å². The third-order valence-electron chi connectivity index (χ3n) is 5.77. The van der Waals surface area contributed by atoms with E-state index in [-0.39, 0.29) is 4.75 Å². The molecule has 2 aromatic carbocycles. The summed E-state index contributed by atoms with van der Waals surface area (Å²) in [6.45, 7) is 7.72. The van der Waals surface area contributed by atoms with Crippen LogP contribution in [-0.4, -0.2) is 31.6 Å². The summed E-state index contributed by atoms with van der Waals surface area (Å²) in [5, 5.41) is 7.12. The van der Waals surface area contributed by atoms with E-state index in [9.17, 15) is 0 Å². The van der Waals surface area contributed by atoms with Crippen molar-refractivity contribution >= 4 is 22.7 Å². The van der Waals surface area contributed by atoms with Crippen LogP contribution in [0, 0.1) is 0 Å². The molecule has 7 heteroatoms. The largest absolute Gasteiger partial charge is 0.487 e. The number of rotatable bonds is 8. The van der Waals surface area contributed by atoms with Crippen LogP contribution in [0.15, 0.2) is 90.2 Å². The molecule has 3 heterocycles. The molecule has 0 bridgehead atoms. The van der Waals surface area contributed by atoms with Gasteiger partial charge in [0, 0.05) is 34.2 Å². The molecule has 0 saturated carbocycles. The highest BCUT2D eigenvalue weighted by molar-refractivity contribution is 8.00. The minimum absolute atomic E-state index is 0.0327. The number of thioether (sulfide) groups is 1. The van der Waals surface area contributed by atoms with Gasteiger partial charge in [-0.25, -0.2) is 4.98 Å². The highest BCUT2D eigenvalue weighted by atomic mass is 32.2. The van der Waals surface area contributed by atoms with Crippen LogP contribution in [-0.2, 0) is 13.2 Å². The fourth-order valence-corrected chi connectivity index (χ4v) is 4.99. The fourth-order valence-electron chi connectivity index (χ4n) is 3.99. The van der Waals surface area contributed by atoms with Gasteiger partial charge in [0.25, 0.3) is 0 Å². The van der Waals surface area contributed by atoms with Gasteiger partial charge in [0.05, 0.1) is 24.9 Å². The summed E-state index contributed by atoms with van der Waals surface area (Å²) in [5.74, 6) is 1.42. The number of hydrogen-bond donors (Lipinski definition) is 0. The molecule has 0 N–H and O–H groups in total. The van der Waals surface area contributed by atoms with Crippen LogP contribution in [0.5, 0.6) is 11.6 Å². The molecule has 0 atom stereocenters. The lowest BCUT2D eigenvalue weighted by molar-refractivity contribution is 0.301. The Balaban J connectivity index is 1.40. The number of fused-ring (bicyclic) bond motifs is 1. The predicted octanol–water partition coefficient (Wildman–Crippen LogP) is 7.02. The van der Waals surface area contributed by atoms with Crippen LogP contribution in [0.2, 0.25) is 0 Å². The quantitative estimate of drug-likeness (QED) is 0.209. The van der Waals surface area contributed by atoms with Crippen molar-refractivity contribution in [1.82, 2.24) is 19.7 Å². The van der Waals surface area contributed by atoms with Crippen LogP contribution >= 0.6 is 11.8 Å². The Morgan fingerprint density at radius 3 is 2.38 bits per heavy atom. The molecule has 3 aromatic heterocycles. The molecular weight excluding hydrogens is 480 g/mol. The van der Waals surface area contributed by atoms with Crippen molar-refractivity contribution in [1.29, 1.82) is 0 Å². The Labute approximate surface area is 221 Å². The molecule has 0 saturated heterocycles. The van der Waals surface area contributed by atoms with Crippen molar-refractivity contribution in [2.45, 2.75) is 43.7 Å². The summed E-state index contributed by atoms with van der Waals surface area (Å²) in [6, 6.07) is 24.5. The lowest BCUT2D eigenvalue weighted by Gasteiger charge is -2.15. The Kier molecular flexibility index (Phi) is 7.15. The van der Waals surface area contributed by atoms with Crippen molar-refractivity contribution in [3.05, 3.63) is 96.4 Å². The molecule has 0 aliphatic heterocycles. The first-order valence-corrected chi connectivity index (χ1v) is 13.0. The molecule has 0 aliphatic rings. The molecule has 0 spiro atoms. The van der Waals surface area contributed by atoms with E-state index in [4.69, 9.17) is 14.6 Å². The predicted molar refractivity (Wildman–Crippen MR) is 149 cm³/mol. The summed E-state index contributed by atoms with van der Waals surface area (Å²) in [6.07, 6.45) is 3.61. The number of pyridine rings is 2. The van der Waals surface area contributed by atoms with E-state index in [1.54, 1.807) is 25.1 Å². The maximum Gasteiger partial charge on any atom is 0.212 e. The molecule has 0 unspecified atom stereocenters. The Morgan fingerprint density at radius 2 is 1.70 bits per heavy atom. The van der Waals surface area contributed by atoms with Gasteiger partial charge in [0.15, 0.2) is 0 Å². The highest BCUT2D eigenvalue weighted by Gasteiger charge is 2.19. The van der Waals surface area contributed by atoms with Gasteiger partial charge in [-0.1, -0.05) is 62.9 Å². The van der Waals surface area contributed by atoms with Crippen LogP contribution in [0.25, 0.3) is 22.0 Å². The minimum Gasteiger partial charge on any atom is -0.487 e. The zero-order valence-electron chi connectivity index (χ0n) is 21.5. The van der Waals surface area contributed by atoms with Gasteiger partial charge in [-0.05, 0) is 47.5 Å². The number of ether oxygens (including phenoxy) is 2. The fraction of sp³-hybridized carbons (Fsp3) is 0.233. The van der Waals surface area contributed by atoms with Crippen LogP contribution in [0.4, 0.5) is 0 Å². The van der Waals surface area contributed by atoms with Gasteiger partial charge in [-0.15, -0.1) is 0 Å². The second-order valence-corrected chi connectivity index (χ2v) is 11.6. The van der Waals surface area contributed by atoms with E-state index in [1.165, 1.54) is 5.56 Å². The van der Waals surface area contributed by atoms with Gasteiger partial charge >= 0.3 is 0 Å². The molecule has 0 aliphatic carbocycles. The maximum absolute atomic E-state index is 6.06. The number of methoxy groups -OCH3 is 1. The topological polar surface area (TPSA) is 62.1 Å². The summed E-state index contributed by atoms with van der Waals surface area (Å²) in [4.78, 5) is 8.67. The number of benzene rings is 2. The van der Waals surface area contributed by atoms with Gasteiger partial charge in [-0.2, -0.15) is 5.10 Å². The van der Waals surface area contributed by atoms with E-state index < -0.39 is 0 Å². The molecule has 37 heavy (non-hydrogen) atoms. The Bertz CT molecular complexity index is 1480. The zero-order valence-corrected chi connectivity index (χ0v) is 22.3. The van der Waals surface area contributed by atoms with Gasteiger partial charge in [-0.3, -0.25) is 9.67 Å². The van der Waals surface area contributed by atoms with E-state index in [0.717, 1.165) is 38.5 Å². The molecule has 5 aromatic rings. The molecule has 0 amide bonds. The third kappa shape index (κ3) is 6.12. The first-order chi connectivity index (χ1) is 17.9. The van der Waals surface area contributed by atoms with E-state index in [0.29, 0.717) is 19.0 Å². The van der Waals surface area contributed by atoms with Crippen molar-refractivity contribution in [2.24, 2.45) is 0 Å². The lowest BCUT2D eigenvalue weighted by Crippen LogP contribution is -2.07. The van der Waals surface area contributed by atoms with Crippen LogP contribution in [0.1, 0.15) is 32.0 Å². The first-order valence-electron chi connectivity index (χ1n) is 12.2. The standard InChI is InChI=1S/C30H30N4O2S/c1-30(2,3)37-29-26-17-25(36-20-24-7-5-6-16-31-24)13-14-27(26)34(33-29)19-21-8-10-22(11-9-21)23-12-15-28(35-4)32-18-23/h5-18H,19-20H2,1-4H3. The average molecular weight is 511 g/mol.